The zero-order chi connectivity index (χ0) is 13.7. The summed E-state index contributed by atoms with van der Waals surface area (Å²) in [6.45, 7) is 6.37. The maximum atomic E-state index is 12.0. The lowest BCUT2D eigenvalue weighted by molar-refractivity contribution is -0.0246. The quantitative estimate of drug-likeness (QED) is 0.817. The second-order valence-corrected chi connectivity index (χ2v) is 5.85. The van der Waals surface area contributed by atoms with Crippen molar-refractivity contribution in [3.63, 3.8) is 0 Å². The number of amides is 1. The van der Waals surface area contributed by atoms with Gasteiger partial charge in [0.1, 0.15) is 0 Å². The minimum atomic E-state index is -0.0337. The van der Waals surface area contributed by atoms with Gasteiger partial charge in [-0.2, -0.15) is 0 Å². The molecule has 1 aromatic carbocycles. The Morgan fingerprint density at radius 2 is 2.21 bits per heavy atom. The van der Waals surface area contributed by atoms with E-state index >= 15 is 0 Å². The molecule has 0 spiro atoms. The van der Waals surface area contributed by atoms with E-state index in [4.69, 9.17) is 4.74 Å². The van der Waals surface area contributed by atoms with Crippen molar-refractivity contribution in [1.82, 2.24) is 10.2 Å². The number of hydrogen-bond acceptors (Lipinski definition) is 3. The summed E-state index contributed by atoms with van der Waals surface area (Å²) < 4.78 is 6.79. The first kappa shape index (κ1) is 14.7. The van der Waals surface area contributed by atoms with Gasteiger partial charge in [0.25, 0.3) is 5.91 Å². The fourth-order valence-corrected chi connectivity index (χ4v) is 2.46. The monoisotopic (exact) mass is 374 g/mol. The van der Waals surface area contributed by atoms with Crippen LogP contribution >= 0.6 is 22.6 Å². The first-order chi connectivity index (χ1) is 9.19. The maximum absolute atomic E-state index is 12.0. The Balaban J connectivity index is 1.81. The van der Waals surface area contributed by atoms with Crippen molar-refractivity contribution < 1.29 is 9.53 Å². The molecule has 5 heteroatoms. The molecule has 2 rings (SSSR count). The molecule has 1 fully saturated rings. The summed E-state index contributed by atoms with van der Waals surface area (Å²) in [4.78, 5) is 14.3. The lowest BCUT2D eigenvalue weighted by Gasteiger charge is -2.32. The summed E-state index contributed by atoms with van der Waals surface area (Å²) in [6, 6.07) is 7.56. The lowest BCUT2D eigenvalue weighted by atomic mass is 10.2. The van der Waals surface area contributed by atoms with E-state index in [0.29, 0.717) is 12.1 Å². The van der Waals surface area contributed by atoms with Gasteiger partial charge in [-0.15, -0.1) is 0 Å². The number of carbonyl (C=O) groups is 1. The molecule has 0 aromatic heterocycles. The normalized spacial score (nSPS) is 20.2. The SMILES string of the molecule is CCN1CCOC(CNC(=O)c2ccc(I)cc2)C1. The Kier molecular flexibility index (Phi) is 5.59. The number of hydrogen-bond donors (Lipinski definition) is 1. The van der Waals surface area contributed by atoms with E-state index in [9.17, 15) is 4.79 Å². The van der Waals surface area contributed by atoms with Crippen LogP contribution < -0.4 is 5.32 Å². The minimum Gasteiger partial charge on any atom is -0.374 e. The van der Waals surface area contributed by atoms with Crippen molar-refractivity contribution in [1.29, 1.82) is 0 Å². The first-order valence-corrected chi connectivity index (χ1v) is 7.64. The molecule has 1 N–H and O–H groups in total. The smallest absolute Gasteiger partial charge is 0.251 e. The molecule has 1 aliphatic rings. The van der Waals surface area contributed by atoms with Gasteiger partial charge in [-0.05, 0) is 53.4 Å². The largest absolute Gasteiger partial charge is 0.374 e. The van der Waals surface area contributed by atoms with Gasteiger partial charge in [0, 0.05) is 28.8 Å². The van der Waals surface area contributed by atoms with E-state index in [1.54, 1.807) is 0 Å². The Labute approximate surface area is 127 Å². The fourth-order valence-electron chi connectivity index (χ4n) is 2.10. The second kappa shape index (κ2) is 7.21. The third kappa shape index (κ3) is 4.43. The van der Waals surface area contributed by atoms with Crippen molar-refractivity contribution in [2.75, 3.05) is 32.8 Å². The van der Waals surface area contributed by atoms with Crippen LogP contribution in [0.25, 0.3) is 0 Å². The molecule has 1 aliphatic heterocycles. The van der Waals surface area contributed by atoms with Crippen LogP contribution in [0.4, 0.5) is 0 Å². The highest BCUT2D eigenvalue weighted by atomic mass is 127. The Hall–Kier alpha value is -0.660. The number of likely N-dealkylation sites (N-methyl/N-ethyl adjacent to an activating group) is 1. The van der Waals surface area contributed by atoms with Crippen molar-refractivity contribution in [3.05, 3.63) is 33.4 Å². The minimum absolute atomic E-state index is 0.0337. The standard InChI is InChI=1S/C14H19IN2O2/c1-2-17-7-8-19-13(10-17)9-16-14(18)11-3-5-12(15)6-4-11/h3-6,13H,2,7-10H2,1H3,(H,16,18). The van der Waals surface area contributed by atoms with Gasteiger partial charge in [-0.25, -0.2) is 0 Å². The van der Waals surface area contributed by atoms with Crippen LogP contribution in [0.1, 0.15) is 17.3 Å². The highest BCUT2D eigenvalue weighted by Gasteiger charge is 2.19. The van der Waals surface area contributed by atoms with Crippen LogP contribution in [0.15, 0.2) is 24.3 Å². The molecule has 19 heavy (non-hydrogen) atoms. The van der Waals surface area contributed by atoms with E-state index in [1.807, 2.05) is 24.3 Å². The molecule has 4 nitrogen and oxygen atoms in total. The van der Waals surface area contributed by atoms with Crippen molar-refractivity contribution in [2.45, 2.75) is 13.0 Å². The number of halogens is 1. The van der Waals surface area contributed by atoms with Crippen LogP contribution in [0.5, 0.6) is 0 Å². The predicted octanol–water partition coefficient (Wildman–Crippen LogP) is 1.74. The molecule has 1 aromatic rings. The van der Waals surface area contributed by atoms with Gasteiger partial charge in [0.05, 0.1) is 12.7 Å². The number of rotatable bonds is 4. The summed E-state index contributed by atoms with van der Waals surface area (Å²) >= 11 is 2.23. The Bertz CT molecular complexity index is 422. The lowest BCUT2D eigenvalue weighted by Crippen LogP contribution is -2.47. The van der Waals surface area contributed by atoms with Crippen molar-refractivity contribution >= 4 is 28.5 Å². The van der Waals surface area contributed by atoms with Crippen LogP contribution in [0.3, 0.4) is 0 Å². The van der Waals surface area contributed by atoms with E-state index in [2.05, 4.69) is 39.7 Å². The maximum Gasteiger partial charge on any atom is 0.251 e. The summed E-state index contributed by atoms with van der Waals surface area (Å²) in [6.07, 6.45) is 0.0986. The third-order valence-corrected chi connectivity index (χ3v) is 3.99. The van der Waals surface area contributed by atoms with Gasteiger partial charge in [-0.3, -0.25) is 9.69 Å². The van der Waals surface area contributed by atoms with E-state index < -0.39 is 0 Å². The molecule has 0 bridgehead atoms. The van der Waals surface area contributed by atoms with Crippen LogP contribution in [-0.2, 0) is 4.74 Å². The van der Waals surface area contributed by atoms with Crippen molar-refractivity contribution in [3.8, 4) is 0 Å². The molecule has 1 atom stereocenters. The van der Waals surface area contributed by atoms with E-state index in [0.717, 1.165) is 29.8 Å². The van der Waals surface area contributed by atoms with Gasteiger partial charge >= 0.3 is 0 Å². The highest BCUT2D eigenvalue weighted by molar-refractivity contribution is 14.1. The number of ether oxygens (including phenoxy) is 1. The molecule has 1 heterocycles. The summed E-state index contributed by atoms with van der Waals surface area (Å²) in [5.74, 6) is -0.0337. The summed E-state index contributed by atoms with van der Waals surface area (Å²) in [5, 5.41) is 2.94. The molecule has 1 amide bonds. The number of morpholine rings is 1. The van der Waals surface area contributed by atoms with Crippen LogP contribution in [0, 0.1) is 3.57 Å². The average Bonchev–Trinajstić information content (AvgIpc) is 2.46. The predicted molar refractivity (Wildman–Crippen MR) is 83.3 cm³/mol. The molecule has 0 saturated carbocycles. The highest BCUT2D eigenvalue weighted by Crippen LogP contribution is 2.07. The summed E-state index contributed by atoms with van der Waals surface area (Å²) in [5.41, 5.74) is 0.698. The number of nitrogens with zero attached hydrogens (tertiary/aromatic N) is 1. The molecule has 0 aliphatic carbocycles. The molecule has 1 saturated heterocycles. The first-order valence-electron chi connectivity index (χ1n) is 6.56. The van der Waals surface area contributed by atoms with Gasteiger partial charge in [-0.1, -0.05) is 6.92 Å². The second-order valence-electron chi connectivity index (χ2n) is 4.60. The zero-order valence-corrected chi connectivity index (χ0v) is 13.2. The molecular weight excluding hydrogens is 355 g/mol. The van der Waals surface area contributed by atoms with Gasteiger partial charge < -0.3 is 10.1 Å². The summed E-state index contributed by atoms with van der Waals surface area (Å²) in [7, 11) is 0. The van der Waals surface area contributed by atoms with Gasteiger partial charge in [0.2, 0.25) is 0 Å². The van der Waals surface area contributed by atoms with Crippen molar-refractivity contribution in [2.24, 2.45) is 0 Å². The average molecular weight is 374 g/mol. The molecule has 104 valence electrons. The van der Waals surface area contributed by atoms with Gasteiger partial charge in [0.15, 0.2) is 0 Å². The molecular formula is C14H19IN2O2. The van der Waals surface area contributed by atoms with E-state index in [-0.39, 0.29) is 12.0 Å². The number of benzene rings is 1. The number of nitrogens with one attached hydrogen (secondary N) is 1. The number of carbonyl (C=O) groups excluding carboxylic acids is 1. The topological polar surface area (TPSA) is 41.6 Å². The van der Waals surface area contributed by atoms with Crippen LogP contribution in [0.2, 0.25) is 0 Å². The molecule has 0 radical (unpaired) electrons. The zero-order valence-electron chi connectivity index (χ0n) is 11.1. The van der Waals surface area contributed by atoms with E-state index in [1.165, 1.54) is 0 Å². The Morgan fingerprint density at radius 1 is 1.47 bits per heavy atom. The fraction of sp³-hybridized carbons (Fsp3) is 0.500. The molecule has 1 unspecified atom stereocenters. The van der Waals surface area contributed by atoms with Crippen LogP contribution in [-0.4, -0.2) is 49.7 Å². The third-order valence-electron chi connectivity index (χ3n) is 3.27. The Morgan fingerprint density at radius 3 is 2.89 bits per heavy atom.